The summed E-state index contributed by atoms with van der Waals surface area (Å²) in [6.45, 7) is 15.9. The molecule has 1 heterocycles. The number of amides is 2. The first-order valence-electron chi connectivity index (χ1n) is 16.1. The zero-order chi connectivity index (χ0) is 37.6. The number of nitrogens with one attached hydrogen (secondary N) is 1. The molecule has 1 aromatic heterocycles. The van der Waals surface area contributed by atoms with Crippen molar-refractivity contribution in [2.45, 2.75) is 80.1 Å². The van der Waals surface area contributed by atoms with Crippen LogP contribution in [-0.2, 0) is 25.7 Å². The second kappa shape index (κ2) is 16.3. The van der Waals surface area contributed by atoms with E-state index in [0.29, 0.717) is 26.9 Å². The van der Waals surface area contributed by atoms with E-state index in [2.05, 4.69) is 22.0 Å². The van der Waals surface area contributed by atoms with Crippen molar-refractivity contribution in [1.82, 2.24) is 4.90 Å². The molecule has 4 aromatic rings. The Kier molecular flexibility index (Phi) is 12.5. The monoisotopic (exact) mass is 748 g/mol. The topological polar surface area (TPSA) is 127 Å². The Morgan fingerprint density at radius 3 is 2.12 bits per heavy atom. The highest BCUT2D eigenvalue weighted by Gasteiger charge is 2.35. The smallest absolute Gasteiger partial charge is 0.427 e. The molecule has 3 aromatic carbocycles. The summed E-state index contributed by atoms with van der Waals surface area (Å²) >= 11 is 2.63. The molecular weight excluding hydrogens is 705 g/mol. The minimum atomic E-state index is -3.84. The first-order chi connectivity index (χ1) is 23.9. The number of thiophene rings is 1. The number of sulfone groups is 1. The molecule has 2 amide bonds. The number of rotatable bonds is 9. The van der Waals surface area contributed by atoms with Gasteiger partial charge in [-0.25, -0.2) is 18.0 Å². The zero-order valence-corrected chi connectivity index (χ0v) is 32.6. The minimum absolute atomic E-state index is 0.0663. The maximum atomic E-state index is 13.7. The SMILES string of the molecule is C=Nc1cc(S(=O)(=O)c2cccc(-c3ccc(NC(=NCCc4ccccc4)N(C(=O)OC(C)(C)C)C(=O)OC(C)(C)C)cc3C)c2)c(SC)s1. The van der Waals surface area contributed by atoms with E-state index >= 15 is 0 Å². The average Bonchev–Trinajstić information content (AvgIpc) is 3.48. The fourth-order valence-electron chi connectivity index (χ4n) is 4.87. The van der Waals surface area contributed by atoms with Gasteiger partial charge in [-0.05, 0) is 120 Å². The molecular formula is C38H44N4O6S3. The molecule has 0 radical (unpaired) electrons. The summed E-state index contributed by atoms with van der Waals surface area (Å²) in [6.07, 6.45) is 0.488. The molecule has 0 saturated heterocycles. The van der Waals surface area contributed by atoms with Crippen molar-refractivity contribution >= 4 is 68.5 Å². The number of aliphatic imine (C=N–C) groups is 2. The predicted molar refractivity (Wildman–Crippen MR) is 208 cm³/mol. The zero-order valence-electron chi connectivity index (χ0n) is 30.1. The lowest BCUT2D eigenvalue weighted by Crippen LogP contribution is -2.49. The largest absolute Gasteiger partial charge is 0.443 e. The van der Waals surface area contributed by atoms with Crippen LogP contribution in [0.3, 0.4) is 0 Å². The number of ether oxygens (including phenoxy) is 2. The molecule has 4 rings (SSSR count). The van der Waals surface area contributed by atoms with Gasteiger partial charge in [-0.3, -0.25) is 9.98 Å². The predicted octanol–water partition coefficient (Wildman–Crippen LogP) is 9.79. The normalized spacial score (nSPS) is 12.3. The summed E-state index contributed by atoms with van der Waals surface area (Å²) in [7, 11) is -3.84. The van der Waals surface area contributed by atoms with Crippen LogP contribution in [-0.4, -0.2) is 62.2 Å². The van der Waals surface area contributed by atoms with E-state index in [1.807, 2.05) is 61.7 Å². The molecule has 0 atom stereocenters. The van der Waals surface area contributed by atoms with E-state index in [0.717, 1.165) is 21.6 Å². The first kappa shape index (κ1) is 39.3. The molecule has 0 aliphatic heterocycles. The molecule has 0 bridgehead atoms. The minimum Gasteiger partial charge on any atom is -0.443 e. The van der Waals surface area contributed by atoms with Gasteiger partial charge in [0.15, 0.2) is 0 Å². The van der Waals surface area contributed by atoms with E-state index in [1.165, 1.54) is 23.1 Å². The van der Waals surface area contributed by atoms with Crippen molar-refractivity contribution in [3.05, 3.63) is 90.0 Å². The molecule has 0 spiro atoms. The fraction of sp³-hybridized carbons (Fsp3) is 0.316. The van der Waals surface area contributed by atoms with E-state index in [9.17, 15) is 18.0 Å². The average molecular weight is 749 g/mol. The van der Waals surface area contributed by atoms with Crippen LogP contribution in [0, 0.1) is 6.92 Å². The van der Waals surface area contributed by atoms with Crippen molar-refractivity contribution in [2.24, 2.45) is 9.98 Å². The first-order valence-corrected chi connectivity index (χ1v) is 19.7. The summed E-state index contributed by atoms with van der Waals surface area (Å²) in [4.78, 5) is 36.8. The van der Waals surface area contributed by atoms with Crippen molar-refractivity contribution in [3.63, 3.8) is 0 Å². The van der Waals surface area contributed by atoms with Gasteiger partial charge >= 0.3 is 12.2 Å². The molecule has 0 aliphatic rings. The highest BCUT2D eigenvalue weighted by molar-refractivity contribution is 8.01. The number of aryl methyl sites for hydroxylation is 1. The Hall–Kier alpha value is -4.46. The van der Waals surface area contributed by atoms with Crippen LogP contribution < -0.4 is 5.32 Å². The molecule has 13 heteroatoms. The Morgan fingerprint density at radius 2 is 1.55 bits per heavy atom. The maximum Gasteiger partial charge on any atom is 0.427 e. The van der Waals surface area contributed by atoms with Gasteiger partial charge in [0.2, 0.25) is 15.8 Å². The number of carbonyl (C=O) groups is 2. The maximum absolute atomic E-state index is 13.7. The van der Waals surface area contributed by atoms with E-state index < -0.39 is 33.2 Å². The molecule has 0 fully saturated rings. The lowest BCUT2D eigenvalue weighted by atomic mass is 10.00. The van der Waals surface area contributed by atoms with Gasteiger partial charge in [-0.15, -0.1) is 28.0 Å². The number of guanidine groups is 1. The van der Waals surface area contributed by atoms with E-state index in [4.69, 9.17) is 9.47 Å². The van der Waals surface area contributed by atoms with Crippen LogP contribution in [0.1, 0.15) is 52.7 Å². The summed E-state index contributed by atoms with van der Waals surface area (Å²) < 4.78 is 39.4. The Bertz CT molecular complexity index is 2000. The van der Waals surface area contributed by atoms with Crippen LogP contribution in [0.15, 0.2) is 103 Å². The lowest BCUT2D eigenvalue weighted by Gasteiger charge is -2.29. The molecule has 270 valence electrons. The fourth-order valence-corrected chi connectivity index (χ4v) is 8.70. The van der Waals surface area contributed by atoms with Crippen molar-refractivity contribution in [1.29, 1.82) is 0 Å². The number of hydrogen-bond acceptors (Lipinski definition) is 10. The quantitative estimate of drug-likeness (QED) is 0.102. The summed E-state index contributed by atoms with van der Waals surface area (Å²) in [5.41, 5.74) is 2.05. The second-order valence-electron chi connectivity index (χ2n) is 13.5. The van der Waals surface area contributed by atoms with Crippen LogP contribution in [0.4, 0.5) is 20.3 Å². The standard InChI is InChI=1S/C38H44N4O6S3/c1-25-22-28(18-19-30(25)27-16-13-17-29(23-27)51(45,46)31-24-32(39-8)50-33(31)49-9)41-34(40-21-20-26-14-11-10-12-15-26)42(35(43)47-37(2,3)4)36(44)48-38(5,6)7/h10-19,22-24H,8,20-21H2,1-7,9H3,(H,40,41). The number of hydrogen-bond donors (Lipinski definition) is 1. The Morgan fingerprint density at radius 1 is 0.902 bits per heavy atom. The van der Waals surface area contributed by atoms with E-state index in [-0.39, 0.29) is 22.3 Å². The van der Waals surface area contributed by atoms with Crippen molar-refractivity contribution in [3.8, 4) is 11.1 Å². The molecule has 0 saturated carbocycles. The number of anilines is 1. The number of carbonyl (C=O) groups excluding carboxylic acids is 2. The third kappa shape index (κ3) is 10.5. The van der Waals surface area contributed by atoms with Gasteiger partial charge in [-0.1, -0.05) is 48.5 Å². The Labute approximate surface area is 308 Å². The van der Waals surface area contributed by atoms with Crippen LogP contribution in [0.5, 0.6) is 0 Å². The van der Waals surface area contributed by atoms with Gasteiger partial charge in [0.1, 0.15) is 16.2 Å². The summed E-state index contributed by atoms with van der Waals surface area (Å²) in [6, 6.07) is 23.5. The molecule has 1 N–H and O–H groups in total. The number of benzene rings is 3. The Balaban J connectivity index is 1.71. The lowest BCUT2D eigenvalue weighted by molar-refractivity contribution is 0.0147. The van der Waals surface area contributed by atoms with Crippen LogP contribution >= 0.6 is 23.1 Å². The van der Waals surface area contributed by atoms with Gasteiger partial charge in [0.05, 0.1) is 14.0 Å². The van der Waals surface area contributed by atoms with Gasteiger partial charge < -0.3 is 14.8 Å². The van der Waals surface area contributed by atoms with Crippen molar-refractivity contribution in [2.75, 3.05) is 18.1 Å². The van der Waals surface area contributed by atoms with Crippen LogP contribution in [0.2, 0.25) is 0 Å². The van der Waals surface area contributed by atoms with Gasteiger partial charge in [0.25, 0.3) is 0 Å². The highest BCUT2D eigenvalue weighted by Crippen LogP contribution is 2.41. The number of nitrogens with zero attached hydrogens (tertiary/aromatic N) is 3. The van der Waals surface area contributed by atoms with Crippen molar-refractivity contribution < 1.29 is 27.5 Å². The van der Waals surface area contributed by atoms with Gasteiger partial charge in [-0.2, -0.15) is 0 Å². The highest BCUT2D eigenvalue weighted by atomic mass is 32.2. The molecule has 0 aliphatic carbocycles. The molecule has 0 unspecified atom stereocenters. The third-order valence-electron chi connectivity index (χ3n) is 7.09. The number of imide groups is 1. The number of thioether (sulfide) groups is 1. The molecule has 51 heavy (non-hydrogen) atoms. The second-order valence-corrected chi connectivity index (χ2v) is 17.5. The molecule has 10 nitrogen and oxygen atoms in total. The van der Waals surface area contributed by atoms with Crippen LogP contribution in [0.25, 0.3) is 11.1 Å². The third-order valence-corrected chi connectivity index (χ3v) is 11.3. The summed E-state index contributed by atoms with van der Waals surface area (Å²) in [5.74, 6) is -0.0663. The summed E-state index contributed by atoms with van der Waals surface area (Å²) in [5, 5.41) is 3.69. The van der Waals surface area contributed by atoms with E-state index in [1.54, 1.807) is 71.9 Å². The van der Waals surface area contributed by atoms with Gasteiger partial charge in [0, 0.05) is 12.2 Å².